The number of amides is 1. The van der Waals surface area contributed by atoms with Crippen LogP contribution in [0.1, 0.15) is 63.6 Å². The van der Waals surface area contributed by atoms with E-state index in [1.165, 1.54) is 18.4 Å². The number of nitrogens with zero attached hydrogens (tertiary/aromatic N) is 3. The van der Waals surface area contributed by atoms with Crippen LogP contribution in [0, 0.1) is 5.92 Å². The lowest BCUT2D eigenvalue weighted by molar-refractivity contribution is 0.0197. The van der Waals surface area contributed by atoms with Crippen molar-refractivity contribution in [1.82, 2.24) is 14.7 Å². The quantitative estimate of drug-likeness (QED) is 0.507. The summed E-state index contributed by atoms with van der Waals surface area (Å²) in [6.07, 6.45) is 10.3. The number of ether oxygens (including phenoxy) is 1. The van der Waals surface area contributed by atoms with Gasteiger partial charge in [0.1, 0.15) is 11.3 Å². The largest absolute Gasteiger partial charge is 0.444 e. The Balaban J connectivity index is 1.50. The Hall–Kier alpha value is -1.98. The highest BCUT2D eigenvalue weighted by Gasteiger charge is 2.30. The molecule has 0 unspecified atom stereocenters. The van der Waals surface area contributed by atoms with E-state index in [0.717, 1.165) is 24.2 Å². The summed E-state index contributed by atoms with van der Waals surface area (Å²) in [5.41, 5.74) is 2.55. The first-order chi connectivity index (χ1) is 14.7. The molecule has 1 saturated heterocycles. The number of carbonyl (C=O) groups is 1. The van der Waals surface area contributed by atoms with Gasteiger partial charge in [0, 0.05) is 18.7 Å². The summed E-state index contributed by atoms with van der Waals surface area (Å²) in [5.74, 6) is 0.958. The summed E-state index contributed by atoms with van der Waals surface area (Å²) in [6, 6.07) is 5.51. The molecule has 4 rings (SSSR count). The SMILES string of the molecule is CC(C)(C)OC(=O)N1CCC(C=Cc2c(C3CC3)cnn2-c2c(Cl)cccc2Cl)CC1. The maximum Gasteiger partial charge on any atom is 0.410 e. The van der Waals surface area contributed by atoms with Crippen LogP contribution < -0.4 is 0 Å². The summed E-state index contributed by atoms with van der Waals surface area (Å²) in [5, 5.41) is 5.79. The molecule has 0 radical (unpaired) electrons. The van der Waals surface area contributed by atoms with Crippen molar-refractivity contribution in [3.63, 3.8) is 0 Å². The number of carbonyl (C=O) groups excluding carboxylic acids is 1. The van der Waals surface area contributed by atoms with Gasteiger partial charge in [-0.05, 0) is 76.5 Å². The fourth-order valence-electron chi connectivity index (χ4n) is 3.94. The third-order valence-electron chi connectivity index (χ3n) is 5.72. The molecule has 1 aromatic heterocycles. The lowest BCUT2D eigenvalue weighted by Crippen LogP contribution is -2.41. The zero-order valence-electron chi connectivity index (χ0n) is 18.3. The van der Waals surface area contributed by atoms with Gasteiger partial charge in [0.15, 0.2) is 0 Å². The number of para-hydroxylation sites is 1. The minimum atomic E-state index is -0.467. The smallest absolute Gasteiger partial charge is 0.410 e. The van der Waals surface area contributed by atoms with Gasteiger partial charge in [-0.15, -0.1) is 0 Å². The van der Waals surface area contributed by atoms with Gasteiger partial charge in [0.2, 0.25) is 0 Å². The Kier molecular flexibility index (Phi) is 6.36. The number of halogens is 2. The van der Waals surface area contributed by atoms with Crippen molar-refractivity contribution < 1.29 is 9.53 Å². The first-order valence-corrected chi connectivity index (χ1v) is 11.7. The molecule has 166 valence electrons. The van der Waals surface area contributed by atoms with Crippen LogP contribution in [0.25, 0.3) is 11.8 Å². The molecule has 0 N–H and O–H groups in total. The number of aromatic nitrogens is 2. The van der Waals surface area contributed by atoms with Gasteiger partial charge in [-0.25, -0.2) is 9.48 Å². The molecular weight excluding hydrogens is 433 g/mol. The van der Waals surface area contributed by atoms with Crippen molar-refractivity contribution in [2.24, 2.45) is 5.92 Å². The Morgan fingerprint density at radius 1 is 1.13 bits per heavy atom. The van der Waals surface area contributed by atoms with Crippen molar-refractivity contribution >= 4 is 35.4 Å². The van der Waals surface area contributed by atoms with Crippen LogP contribution >= 0.6 is 23.2 Å². The second kappa shape index (κ2) is 8.87. The highest BCUT2D eigenvalue weighted by Crippen LogP contribution is 2.43. The lowest BCUT2D eigenvalue weighted by atomic mass is 9.96. The third-order valence-corrected chi connectivity index (χ3v) is 6.33. The van der Waals surface area contributed by atoms with Crippen molar-refractivity contribution in [2.45, 2.75) is 58.0 Å². The average molecular weight is 462 g/mol. The molecule has 1 aliphatic carbocycles. The summed E-state index contributed by atoms with van der Waals surface area (Å²) >= 11 is 12.9. The van der Waals surface area contributed by atoms with Crippen molar-refractivity contribution in [3.8, 4) is 5.69 Å². The molecule has 2 aromatic rings. The number of likely N-dealkylation sites (tertiary alicyclic amines) is 1. The second-order valence-electron chi connectivity index (χ2n) is 9.41. The van der Waals surface area contributed by atoms with Crippen molar-refractivity contribution in [1.29, 1.82) is 0 Å². The third kappa shape index (κ3) is 5.27. The molecular formula is C24H29Cl2N3O2. The molecule has 1 aliphatic heterocycles. The van der Waals surface area contributed by atoms with Gasteiger partial charge in [-0.2, -0.15) is 5.10 Å². The molecule has 1 aromatic carbocycles. The second-order valence-corrected chi connectivity index (χ2v) is 10.2. The Morgan fingerprint density at radius 2 is 1.77 bits per heavy atom. The van der Waals surface area contributed by atoms with Gasteiger partial charge in [0.05, 0.1) is 21.9 Å². The first kappa shape index (κ1) is 22.2. The zero-order valence-corrected chi connectivity index (χ0v) is 19.8. The van der Waals surface area contributed by atoms with Gasteiger partial charge in [-0.3, -0.25) is 0 Å². The van der Waals surface area contributed by atoms with Crippen molar-refractivity contribution in [2.75, 3.05) is 13.1 Å². The number of piperidine rings is 1. The molecule has 2 aliphatic rings. The molecule has 0 atom stereocenters. The molecule has 0 spiro atoms. The first-order valence-electron chi connectivity index (χ1n) is 10.9. The van der Waals surface area contributed by atoms with Gasteiger partial charge >= 0.3 is 6.09 Å². The highest BCUT2D eigenvalue weighted by atomic mass is 35.5. The van der Waals surface area contributed by atoms with Crippen LogP contribution in [0.15, 0.2) is 30.5 Å². The molecule has 1 saturated carbocycles. The average Bonchev–Trinajstić information content (AvgIpc) is 3.46. The summed E-state index contributed by atoms with van der Waals surface area (Å²) < 4.78 is 7.37. The van der Waals surface area contributed by atoms with E-state index in [0.29, 0.717) is 35.0 Å². The van der Waals surface area contributed by atoms with E-state index < -0.39 is 5.60 Å². The Morgan fingerprint density at radius 3 is 2.35 bits per heavy atom. The fourth-order valence-corrected chi connectivity index (χ4v) is 4.50. The van der Waals surface area contributed by atoms with Crippen LogP contribution in [-0.2, 0) is 4.74 Å². The van der Waals surface area contributed by atoms with E-state index in [1.54, 1.807) is 4.90 Å². The van der Waals surface area contributed by atoms with Gasteiger partial charge < -0.3 is 9.64 Å². The fraction of sp³-hybridized carbons (Fsp3) is 0.500. The minimum Gasteiger partial charge on any atom is -0.444 e. The molecule has 1 amide bonds. The highest BCUT2D eigenvalue weighted by molar-refractivity contribution is 6.37. The zero-order chi connectivity index (χ0) is 22.2. The number of hydrogen-bond donors (Lipinski definition) is 0. The lowest BCUT2D eigenvalue weighted by Gasteiger charge is -2.32. The maximum atomic E-state index is 12.3. The standard InChI is InChI=1S/C24H29Cl2N3O2/c1-24(2,3)31-23(30)28-13-11-16(12-14-28)7-10-21-18(17-8-9-17)15-27-29(21)22-19(25)5-4-6-20(22)26/h4-7,10,15-17H,8-9,11-14H2,1-3H3. The summed E-state index contributed by atoms with van der Waals surface area (Å²) in [7, 11) is 0. The van der Waals surface area contributed by atoms with Gasteiger partial charge in [0.25, 0.3) is 0 Å². The molecule has 5 nitrogen and oxygen atoms in total. The molecule has 0 bridgehead atoms. The number of rotatable bonds is 4. The van der Waals surface area contributed by atoms with Crippen LogP contribution in [0.3, 0.4) is 0 Å². The van der Waals surface area contributed by atoms with Crippen LogP contribution in [0.5, 0.6) is 0 Å². The molecule has 7 heteroatoms. The maximum absolute atomic E-state index is 12.3. The predicted molar refractivity (Wildman–Crippen MR) is 125 cm³/mol. The van der Waals surface area contributed by atoms with E-state index in [9.17, 15) is 4.79 Å². The number of allylic oxidation sites excluding steroid dienone is 1. The van der Waals surface area contributed by atoms with Crippen LogP contribution in [0.2, 0.25) is 10.0 Å². The normalized spacial score (nSPS) is 18.0. The van der Waals surface area contributed by atoms with Crippen LogP contribution in [0.4, 0.5) is 4.79 Å². The molecule has 31 heavy (non-hydrogen) atoms. The summed E-state index contributed by atoms with van der Waals surface area (Å²) in [4.78, 5) is 14.1. The van der Waals surface area contributed by atoms with Crippen molar-refractivity contribution in [3.05, 3.63) is 51.8 Å². The molecule has 2 fully saturated rings. The van der Waals surface area contributed by atoms with Crippen LogP contribution in [-0.4, -0.2) is 39.5 Å². The van der Waals surface area contributed by atoms with E-state index in [-0.39, 0.29) is 6.09 Å². The Labute approximate surface area is 194 Å². The Bertz CT molecular complexity index is 961. The number of benzene rings is 1. The van der Waals surface area contributed by atoms with E-state index in [4.69, 9.17) is 27.9 Å². The topological polar surface area (TPSA) is 47.4 Å². The van der Waals surface area contributed by atoms with E-state index in [1.807, 2.05) is 49.8 Å². The number of hydrogen-bond acceptors (Lipinski definition) is 3. The minimum absolute atomic E-state index is 0.225. The monoisotopic (exact) mass is 461 g/mol. The van der Waals surface area contributed by atoms with Gasteiger partial charge in [-0.1, -0.05) is 35.3 Å². The summed E-state index contributed by atoms with van der Waals surface area (Å²) in [6.45, 7) is 7.09. The van der Waals surface area contributed by atoms with E-state index in [2.05, 4.69) is 17.3 Å². The molecule has 2 heterocycles. The van der Waals surface area contributed by atoms with E-state index >= 15 is 0 Å². The predicted octanol–water partition coefficient (Wildman–Crippen LogP) is 6.72.